The third kappa shape index (κ3) is 3.28. The number of rotatable bonds is 4. The predicted octanol–water partition coefficient (Wildman–Crippen LogP) is 2.63. The van der Waals surface area contributed by atoms with Gasteiger partial charge in [0.05, 0.1) is 24.1 Å². The number of allylic oxidation sites excluding steroid dienone is 1. The van der Waals surface area contributed by atoms with Gasteiger partial charge in [-0.15, -0.1) is 0 Å². The average molecular weight is 363 g/mol. The summed E-state index contributed by atoms with van der Waals surface area (Å²) in [5.74, 6) is 0.136. The summed E-state index contributed by atoms with van der Waals surface area (Å²) in [6.45, 7) is 2.10. The van der Waals surface area contributed by atoms with Crippen molar-refractivity contribution in [3.8, 4) is 5.75 Å². The zero-order valence-corrected chi connectivity index (χ0v) is 15.4. The largest absolute Gasteiger partial charge is 0.495 e. The van der Waals surface area contributed by atoms with Gasteiger partial charge >= 0.3 is 5.97 Å². The number of aromatic nitrogens is 1. The molecule has 0 saturated heterocycles. The molecule has 0 spiro atoms. The Balaban J connectivity index is 2.22. The molecule has 2 aromatic rings. The van der Waals surface area contributed by atoms with Crippen molar-refractivity contribution >= 4 is 26.9 Å². The third-order valence-corrected chi connectivity index (χ3v) is 5.44. The Hall–Kier alpha value is -2.28. The molecule has 3 rings (SSSR count). The summed E-state index contributed by atoms with van der Waals surface area (Å²) in [7, 11) is -1.84. The van der Waals surface area contributed by atoms with Crippen LogP contribution in [0.2, 0.25) is 0 Å². The van der Waals surface area contributed by atoms with E-state index in [2.05, 4.69) is 0 Å². The number of methoxy groups -OCH3 is 1. The second-order valence-electron chi connectivity index (χ2n) is 6.05. The summed E-state index contributed by atoms with van der Waals surface area (Å²) in [4.78, 5) is 12.0. The topological polar surface area (TPSA) is 74.1 Å². The van der Waals surface area contributed by atoms with Crippen LogP contribution in [0, 0.1) is 0 Å². The molecule has 0 fully saturated rings. The van der Waals surface area contributed by atoms with E-state index < -0.39 is 9.84 Å². The monoisotopic (exact) mass is 363 g/mol. The molecule has 0 N–H and O–H groups in total. The SMILES string of the molecule is CCOC(=O)C=C1CCCc2c1cc1c(OC)cc(S(C)(=O)=O)cn21. The fourth-order valence-electron chi connectivity index (χ4n) is 3.23. The molecule has 25 heavy (non-hydrogen) atoms. The van der Waals surface area contributed by atoms with Crippen LogP contribution >= 0.6 is 0 Å². The minimum absolute atomic E-state index is 0.205. The molecule has 0 unspecified atom stereocenters. The van der Waals surface area contributed by atoms with Crippen LogP contribution in [-0.4, -0.2) is 38.8 Å². The van der Waals surface area contributed by atoms with Gasteiger partial charge in [-0.1, -0.05) is 0 Å². The van der Waals surface area contributed by atoms with Crippen LogP contribution in [-0.2, 0) is 25.8 Å². The highest BCUT2D eigenvalue weighted by Crippen LogP contribution is 2.37. The summed E-state index contributed by atoms with van der Waals surface area (Å²) in [6.07, 6.45) is 6.81. The lowest BCUT2D eigenvalue weighted by Gasteiger charge is -2.16. The first-order chi connectivity index (χ1) is 11.8. The first kappa shape index (κ1) is 17.5. The van der Waals surface area contributed by atoms with Crippen LogP contribution in [0.1, 0.15) is 31.0 Å². The van der Waals surface area contributed by atoms with Crippen LogP contribution in [0.25, 0.3) is 11.1 Å². The van der Waals surface area contributed by atoms with Crippen LogP contribution in [0.15, 0.2) is 29.3 Å². The van der Waals surface area contributed by atoms with Crippen molar-refractivity contribution in [3.05, 3.63) is 35.7 Å². The highest BCUT2D eigenvalue weighted by molar-refractivity contribution is 7.90. The fraction of sp³-hybridized carbons (Fsp3) is 0.389. The molecule has 0 bridgehead atoms. The van der Waals surface area contributed by atoms with Crippen LogP contribution in [0.3, 0.4) is 0 Å². The van der Waals surface area contributed by atoms with E-state index >= 15 is 0 Å². The standard InChI is InChI=1S/C18H21NO5S/c1-4-24-18(20)8-12-6-5-7-15-14(12)10-16-17(23-2)9-13(11-19(15)16)25(3,21)22/h8-11H,4-7H2,1-3H3. The normalized spacial score (nSPS) is 16.0. The molecular weight excluding hydrogens is 342 g/mol. The fourth-order valence-corrected chi connectivity index (χ4v) is 3.84. The highest BCUT2D eigenvalue weighted by atomic mass is 32.2. The van der Waals surface area contributed by atoms with Crippen LogP contribution in [0.4, 0.5) is 0 Å². The van der Waals surface area contributed by atoms with Crippen molar-refractivity contribution in [2.45, 2.75) is 31.1 Å². The minimum Gasteiger partial charge on any atom is -0.495 e. The lowest BCUT2D eigenvalue weighted by Crippen LogP contribution is -2.07. The zero-order valence-electron chi connectivity index (χ0n) is 14.5. The Bertz CT molecular complexity index is 969. The van der Waals surface area contributed by atoms with E-state index in [0.717, 1.165) is 41.6 Å². The number of esters is 1. The van der Waals surface area contributed by atoms with Crippen LogP contribution < -0.4 is 4.74 Å². The molecule has 134 valence electrons. The van der Waals surface area contributed by atoms with E-state index in [0.29, 0.717) is 12.4 Å². The zero-order chi connectivity index (χ0) is 18.2. The van der Waals surface area contributed by atoms with Crippen molar-refractivity contribution in [1.29, 1.82) is 0 Å². The summed E-state index contributed by atoms with van der Waals surface area (Å²) < 4.78 is 36.2. The molecule has 6 nitrogen and oxygen atoms in total. The molecule has 1 aliphatic rings. The second kappa shape index (κ2) is 6.55. The first-order valence-electron chi connectivity index (χ1n) is 8.15. The first-order valence-corrected chi connectivity index (χ1v) is 10.0. The van der Waals surface area contributed by atoms with Crippen LogP contribution in [0.5, 0.6) is 5.75 Å². The van der Waals surface area contributed by atoms with Gasteiger partial charge in [-0.05, 0) is 43.4 Å². The van der Waals surface area contributed by atoms with Gasteiger partial charge in [0.15, 0.2) is 9.84 Å². The highest BCUT2D eigenvalue weighted by Gasteiger charge is 2.23. The number of carbonyl (C=O) groups is 1. The summed E-state index contributed by atoms with van der Waals surface area (Å²) >= 11 is 0. The number of nitrogens with zero attached hydrogens (tertiary/aromatic N) is 1. The maximum absolute atomic E-state index is 12.0. The van der Waals surface area contributed by atoms with E-state index in [9.17, 15) is 13.2 Å². The van der Waals surface area contributed by atoms with Crippen molar-refractivity contribution in [2.75, 3.05) is 20.0 Å². The molecule has 0 radical (unpaired) electrons. The Morgan fingerprint density at radius 3 is 2.72 bits per heavy atom. The van der Waals surface area contributed by atoms with E-state index in [-0.39, 0.29) is 10.9 Å². The van der Waals surface area contributed by atoms with Gasteiger partial charge in [0.1, 0.15) is 5.75 Å². The molecule has 1 aliphatic carbocycles. The van der Waals surface area contributed by atoms with Gasteiger partial charge in [0, 0.05) is 30.3 Å². The number of hydrogen-bond donors (Lipinski definition) is 0. The summed E-state index contributed by atoms with van der Waals surface area (Å²) in [5.41, 5.74) is 3.63. The third-order valence-electron chi connectivity index (χ3n) is 4.36. The van der Waals surface area contributed by atoms with Crippen molar-refractivity contribution in [2.24, 2.45) is 0 Å². The van der Waals surface area contributed by atoms with Gasteiger partial charge in [-0.3, -0.25) is 0 Å². The quantitative estimate of drug-likeness (QED) is 0.617. The molecule has 2 aromatic heterocycles. The second-order valence-corrected chi connectivity index (χ2v) is 8.07. The summed E-state index contributed by atoms with van der Waals surface area (Å²) in [6, 6.07) is 3.48. The van der Waals surface area contributed by atoms with Crippen molar-refractivity contribution in [1.82, 2.24) is 4.40 Å². The Kier molecular flexibility index (Phi) is 4.60. The van der Waals surface area contributed by atoms with Gasteiger partial charge in [-0.2, -0.15) is 0 Å². The maximum Gasteiger partial charge on any atom is 0.331 e. The number of sulfone groups is 1. The number of fused-ring (bicyclic) bond motifs is 3. The molecule has 2 heterocycles. The maximum atomic E-state index is 12.0. The lowest BCUT2D eigenvalue weighted by atomic mass is 9.92. The lowest BCUT2D eigenvalue weighted by molar-refractivity contribution is -0.137. The molecular formula is C18H21NO5S. The average Bonchev–Trinajstić information content (AvgIpc) is 2.93. The number of pyridine rings is 1. The number of carbonyl (C=O) groups excluding carboxylic acids is 1. The predicted molar refractivity (Wildman–Crippen MR) is 94.6 cm³/mol. The number of hydrogen-bond acceptors (Lipinski definition) is 5. The molecule has 7 heteroatoms. The van der Waals surface area contributed by atoms with Gasteiger partial charge in [0.2, 0.25) is 0 Å². The van der Waals surface area contributed by atoms with E-state index in [1.165, 1.54) is 25.5 Å². The smallest absolute Gasteiger partial charge is 0.331 e. The van der Waals surface area contributed by atoms with E-state index in [4.69, 9.17) is 9.47 Å². The Morgan fingerprint density at radius 1 is 1.32 bits per heavy atom. The molecule has 0 saturated carbocycles. The summed E-state index contributed by atoms with van der Waals surface area (Å²) in [5, 5.41) is 0. The van der Waals surface area contributed by atoms with Gasteiger partial charge < -0.3 is 13.9 Å². The van der Waals surface area contributed by atoms with Crippen molar-refractivity contribution in [3.63, 3.8) is 0 Å². The number of ether oxygens (including phenoxy) is 2. The minimum atomic E-state index is -3.36. The molecule has 0 amide bonds. The Labute approximate surface area is 147 Å². The molecule has 0 aromatic carbocycles. The molecule has 0 aliphatic heterocycles. The molecule has 0 atom stereocenters. The Morgan fingerprint density at radius 2 is 2.08 bits per heavy atom. The van der Waals surface area contributed by atoms with E-state index in [1.54, 1.807) is 13.1 Å². The van der Waals surface area contributed by atoms with Gasteiger partial charge in [0.25, 0.3) is 0 Å². The number of aryl methyl sites for hydroxylation is 1. The van der Waals surface area contributed by atoms with Gasteiger partial charge in [-0.25, -0.2) is 13.2 Å². The van der Waals surface area contributed by atoms with Crippen molar-refractivity contribution < 1.29 is 22.7 Å². The van der Waals surface area contributed by atoms with E-state index in [1.807, 2.05) is 10.5 Å².